The average Bonchev–Trinajstić information content (AvgIpc) is 2.69. The molecule has 0 saturated carbocycles. The number of hydrogen-bond acceptors (Lipinski definition) is 3. The van der Waals surface area contributed by atoms with Crippen molar-refractivity contribution in [3.05, 3.63) is 11.9 Å². The third-order valence-electron chi connectivity index (χ3n) is 3.23. The zero-order valence-electron chi connectivity index (χ0n) is 9.85. The Morgan fingerprint density at radius 1 is 1.59 bits per heavy atom. The van der Waals surface area contributed by atoms with Crippen LogP contribution in [0.1, 0.15) is 19.0 Å². The van der Waals surface area contributed by atoms with E-state index in [4.69, 9.17) is 0 Å². The number of halogens is 1. The molecule has 1 aliphatic heterocycles. The van der Waals surface area contributed by atoms with Crippen molar-refractivity contribution in [1.29, 1.82) is 0 Å². The number of hydrogen-bond donors (Lipinski definition) is 1. The van der Waals surface area contributed by atoms with Crippen LogP contribution in [0.15, 0.2) is 11.1 Å². The molecule has 1 aromatic rings. The first kappa shape index (κ1) is 13.0. The number of alkyl halides is 1. The van der Waals surface area contributed by atoms with Gasteiger partial charge < -0.3 is 0 Å². The second-order valence-electron chi connectivity index (χ2n) is 4.50. The molecule has 2 unspecified atom stereocenters. The number of nitrogens with one attached hydrogen (secondary N) is 1. The molecule has 2 atom stereocenters. The van der Waals surface area contributed by atoms with Gasteiger partial charge >= 0.3 is 0 Å². The summed E-state index contributed by atoms with van der Waals surface area (Å²) >= 11 is 3.54. The summed E-state index contributed by atoms with van der Waals surface area (Å²) in [5.74, 6) is 0.506. The van der Waals surface area contributed by atoms with Crippen molar-refractivity contribution >= 4 is 26.0 Å². The molecule has 1 aromatic heterocycles. The molecule has 0 bridgehead atoms. The van der Waals surface area contributed by atoms with Gasteiger partial charge in [-0.3, -0.25) is 5.10 Å². The Kier molecular flexibility index (Phi) is 3.61. The second-order valence-corrected chi connectivity index (χ2v) is 7.59. The predicted octanol–water partition coefficient (Wildman–Crippen LogP) is 1.51. The van der Waals surface area contributed by atoms with Gasteiger partial charge in [0.15, 0.2) is 0 Å². The second kappa shape index (κ2) is 4.70. The number of rotatable bonds is 2. The molecule has 7 heteroatoms. The maximum absolute atomic E-state index is 12.4. The van der Waals surface area contributed by atoms with Gasteiger partial charge in [-0.15, -0.1) is 0 Å². The molecule has 17 heavy (non-hydrogen) atoms. The molecule has 2 rings (SSSR count). The highest BCUT2D eigenvalue weighted by atomic mass is 79.9. The van der Waals surface area contributed by atoms with Gasteiger partial charge in [0.2, 0.25) is 10.0 Å². The molecule has 0 radical (unpaired) electrons. The number of sulfonamides is 1. The first-order chi connectivity index (χ1) is 7.93. The standard InChI is InChI=1S/C10H16BrN3O2S/c1-7-3-4-14(6-9(7)11)17(15,16)10-5-12-13-8(10)2/h5,7,9H,3-4,6H2,1-2H3,(H,12,13). The van der Waals surface area contributed by atoms with Crippen molar-refractivity contribution in [1.82, 2.24) is 14.5 Å². The van der Waals surface area contributed by atoms with Gasteiger partial charge in [0.1, 0.15) is 4.90 Å². The molecule has 1 aliphatic rings. The van der Waals surface area contributed by atoms with Gasteiger partial charge in [0, 0.05) is 17.9 Å². The van der Waals surface area contributed by atoms with Crippen molar-refractivity contribution in [3.8, 4) is 0 Å². The molecule has 1 fully saturated rings. The van der Waals surface area contributed by atoms with Gasteiger partial charge in [-0.05, 0) is 19.3 Å². The van der Waals surface area contributed by atoms with Gasteiger partial charge in [-0.2, -0.15) is 9.40 Å². The van der Waals surface area contributed by atoms with E-state index in [9.17, 15) is 8.42 Å². The minimum atomic E-state index is -3.40. The monoisotopic (exact) mass is 321 g/mol. The van der Waals surface area contributed by atoms with Crippen molar-refractivity contribution in [2.75, 3.05) is 13.1 Å². The molecule has 0 spiro atoms. The molecular weight excluding hydrogens is 306 g/mol. The Morgan fingerprint density at radius 2 is 2.29 bits per heavy atom. The van der Waals surface area contributed by atoms with Crippen LogP contribution < -0.4 is 0 Å². The Morgan fingerprint density at radius 3 is 2.82 bits per heavy atom. The Labute approximate surface area is 110 Å². The highest BCUT2D eigenvalue weighted by molar-refractivity contribution is 9.09. The fraction of sp³-hybridized carbons (Fsp3) is 0.700. The number of nitrogens with zero attached hydrogens (tertiary/aromatic N) is 2. The molecule has 0 aromatic carbocycles. The average molecular weight is 322 g/mol. The highest BCUT2D eigenvalue weighted by Gasteiger charge is 2.33. The summed E-state index contributed by atoms with van der Waals surface area (Å²) in [6.07, 6.45) is 2.26. The third-order valence-corrected chi connectivity index (χ3v) is 6.40. The smallest absolute Gasteiger partial charge is 0.246 e. The lowest BCUT2D eigenvalue weighted by Crippen LogP contribution is -2.43. The number of aryl methyl sites for hydroxylation is 1. The van der Waals surface area contributed by atoms with Crippen LogP contribution >= 0.6 is 15.9 Å². The van der Waals surface area contributed by atoms with E-state index < -0.39 is 10.0 Å². The van der Waals surface area contributed by atoms with Crippen molar-refractivity contribution in [2.45, 2.75) is 30.0 Å². The first-order valence-corrected chi connectivity index (χ1v) is 7.92. The minimum Gasteiger partial charge on any atom is -0.281 e. The molecule has 1 N–H and O–H groups in total. The van der Waals surface area contributed by atoms with Crippen molar-refractivity contribution in [2.24, 2.45) is 5.92 Å². The van der Waals surface area contributed by atoms with Crippen LogP contribution in [0.3, 0.4) is 0 Å². The normalized spacial score (nSPS) is 27.2. The van der Waals surface area contributed by atoms with E-state index in [1.165, 1.54) is 10.5 Å². The van der Waals surface area contributed by atoms with Crippen molar-refractivity contribution < 1.29 is 8.42 Å². The maximum atomic E-state index is 12.4. The van der Waals surface area contributed by atoms with Gasteiger partial charge in [0.05, 0.1) is 11.9 Å². The summed E-state index contributed by atoms with van der Waals surface area (Å²) in [6, 6.07) is 0. The molecule has 0 aliphatic carbocycles. The molecule has 0 amide bonds. The van der Waals surface area contributed by atoms with Crippen LogP contribution in [0.2, 0.25) is 0 Å². The summed E-state index contributed by atoms with van der Waals surface area (Å²) in [6.45, 7) is 4.95. The summed E-state index contributed by atoms with van der Waals surface area (Å²) in [4.78, 5) is 0.505. The number of H-pyrrole nitrogens is 1. The van der Waals surface area contributed by atoms with Gasteiger partial charge in [-0.25, -0.2) is 8.42 Å². The van der Waals surface area contributed by atoms with E-state index in [-0.39, 0.29) is 9.72 Å². The van der Waals surface area contributed by atoms with E-state index in [0.717, 1.165) is 6.42 Å². The molecular formula is C10H16BrN3O2S. The van der Waals surface area contributed by atoms with E-state index >= 15 is 0 Å². The summed E-state index contributed by atoms with van der Waals surface area (Å²) in [5.41, 5.74) is 0.592. The molecule has 1 saturated heterocycles. The van der Waals surface area contributed by atoms with E-state index in [1.807, 2.05) is 0 Å². The Balaban J connectivity index is 2.26. The van der Waals surface area contributed by atoms with Crippen LogP contribution in [0.4, 0.5) is 0 Å². The lowest BCUT2D eigenvalue weighted by atomic mass is 10.0. The minimum absolute atomic E-state index is 0.221. The summed E-state index contributed by atoms with van der Waals surface area (Å²) in [5, 5.41) is 6.44. The fourth-order valence-electron chi connectivity index (χ4n) is 1.95. The maximum Gasteiger partial charge on any atom is 0.246 e. The zero-order chi connectivity index (χ0) is 12.6. The van der Waals surface area contributed by atoms with E-state index in [0.29, 0.717) is 24.7 Å². The Hall–Kier alpha value is -0.400. The quantitative estimate of drug-likeness (QED) is 0.840. The predicted molar refractivity (Wildman–Crippen MR) is 68.6 cm³/mol. The van der Waals surface area contributed by atoms with Crippen LogP contribution in [-0.4, -0.2) is 40.8 Å². The van der Waals surface area contributed by atoms with E-state index in [1.54, 1.807) is 6.92 Å². The largest absolute Gasteiger partial charge is 0.281 e. The number of aromatic amines is 1. The first-order valence-electron chi connectivity index (χ1n) is 5.57. The summed E-state index contributed by atoms with van der Waals surface area (Å²) in [7, 11) is -3.40. The van der Waals surface area contributed by atoms with E-state index in [2.05, 4.69) is 33.1 Å². The van der Waals surface area contributed by atoms with Crippen LogP contribution in [0.5, 0.6) is 0 Å². The lowest BCUT2D eigenvalue weighted by Gasteiger charge is -2.33. The van der Waals surface area contributed by atoms with Crippen LogP contribution in [-0.2, 0) is 10.0 Å². The lowest BCUT2D eigenvalue weighted by molar-refractivity contribution is 0.300. The number of aromatic nitrogens is 2. The Bertz CT molecular complexity index is 499. The summed E-state index contributed by atoms with van der Waals surface area (Å²) < 4.78 is 26.3. The fourth-order valence-corrected chi connectivity index (χ4v) is 4.36. The van der Waals surface area contributed by atoms with Crippen LogP contribution in [0.25, 0.3) is 0 Å². The molecule has 96 valence electrons. The van der Waals surface area contributed by atoms with Crippen molar-refractivity contribution in [3.63, 3.8) is 0 Å². The SMILES string of the molecule is Cc1[nH]ncc1S(=O)(=O)N1CCC(C)C(Br)C1. The van der Waals surface area contributed by atoms with Crippen LogP contribution in [0, 0.1) is 12.8 Å². The third kappa shape index (κ3) is 2.41. The number of piperidine rings is 1. The zero-order valence-corrected chi connectivity index (χ0v) is 12.3. The van der Waals surface area contributed by atoms with Gasteiger partial charge in [0.25, 0.3) is 0 Å². The van der Waals surface area contributed by atoms with Gasteiger partial charge in [-0.1, -0.05) is 22.9 Å². The molecule has 5 nitrogen and oxygen atoms in total. The topological polar surface area (TPSA) is 66.1 Å². The highest BCUT2D eigenvalue weighted by Crippen LogP contribution is 2.28. The molecule has 2 heterocycles.